The van der Waals surface area contributed by atoms with E-state index in [4.69, 9.17) is 0 Å². The topological polar surface area (TPSA) is 73.0 Å². The molecule has 2 rings (SSSR count). The number of nitrogens with one attached hydrogen (secondary N) is 1. The van der Waals surface area contributed by atoms with Gasteiger partial charge < -0.3 is 5.32 Å². The quantitative estimate of drug-likeness (QED) is 0.671. The zero-order valence-corrected chi connectivity index (χ0v) is 11.8. The lowest BCUT2D eigenvalue weighted by Gasteiger charge is -2.29. The second kappa shape index (κ2) is 5.59. The minimum atomic E-state index is -0.318. The van der Waals surface area contributed by atoms with E-state index in [1.54, 1.807) is 11.7 Å². The summed E-state index contributed by atoms with van der Waals surface area (Å²) in [4.78, 5) is 10.9. The zero-order valence-electron chi connectivity index (χ0n) is 11.8. The first kappa shape index (κ1) is 13.8. The van der Waals surface area contributed by atoms with Crippen LogP contribution in [0.2, 0.25) is 0 Å². The predicted molar refractivity (Wildman–Crippen MR) is 74.3 cm³/mol. The van der Waals surface area contributed by atoms with Crippen LogP contribution in [0.5, 0.6) is 0 Å². The highest BCUT2D eigenvalue weighted by atomic mass is 16.6. The molecular formula is C13H22N4O2. The maximum Gasteiger partial charge on any atom is 0.333 e. The van der Waals surface area contributed by atoms with Crippen LogP contribution in [0.25, 0.3) is 0 Å². The highest BCUT2D eigenvalue weighted by Gasteiger charge is 2.29. The lowest BCUT2D eigenvalue weighted by Crippen LogP contribution is -2.31. The van der Waals surface area contributed by atoms with Crippen molar-refractivity contribution < 1.29 is 4.92 Å². The van der Waals surface area contributed by atoms with E-state index in [2.05, 4.69) is 17.3 Å². The summed E-state index contributed by atoms with van der Waals surface area (Å²) < 4.78 is 1.61. The SMILES string of the molecule is CCc1nn(C)c(NC2CCCCC2C)c1[N+](=O)[O-]. The van der Waals surface area contributed by atoms with Gasteiger partial charge in [-0.1, -0.05) is 26.7 Å². The molecule has 0 radical (unpaired) electrons. The molecule has 19 heavy (non-hydrogen) atoms. The summed E-state index contributed by atoms with van der Waals surface area (Å²) in [6.07, 6.45) is 5.28. The summed E-state index contributed by atoms with van der Waals surface area (Å²) in [5, 5.41) is 18.9. The van der Waals surface area contributed by atoms with E-state index in [-0.39, 0.29) is 10.6 Å². The van der Waals surface area contributed by atoms with Gasteiger partial charge in [0.25, 0.3) is 0 Å². The van der Waals surface area contributed by atoms with Crippen molar-refractivity contribution in [1.82, 2.24) is 9.78 Å². The van der Waals surface area contributed by atoms with E-state index in [0.29, 0.717) is 29.9 Å². The predicted octanol–water partition coefficient (Wildman–Crippen LogP) is 2.88. The Bertz CT molecular complexity index is 469. The van der Waals surface area contributed by atoms with Gasteiger partial charge in [-0.2, -0.15) is 5.10 Å². The summed E-state index contributed by atoms with van der Waals surface area (Å²) in [6.45, 7) is 4.10. The second-order valence-electron chi connectivity index (χ2n) is 5.39. The number of rotatable bonds is 4. The third kappa shape index (κ3) is 2.72. The maximum atomic E-state index is 11.3. The zero-order chi connectivity index (χ0) is 14.0. The molecule has 1 aliphatic carbocycles. The maximum absolute atomic E-state index is 11.3. The van der Waals surface area contributed by atoms with Crippen LogP contribution in [0, 0.1) is 16.0 Å². The molecule has 0 aromatic carbocycles. The van der Waals surface area contributed by atoms with E-state index in [1.807, 2.05) is 6.92 Å². The Morgan fingerprint density at radius 3 is 2.74 bits per heavy atom. The monoisotopic (exact) mass is 266 g/mol. The normalized spacial score (nSPS) is 23.3. The highest BCUT2D eigenvalue weighted by Crippen LogP contribution is 2.32. The van der Waals surface area contributed by atoms with Crippen molar-refractivity contribution in [2.24, 2.45) is 13.0 Å². The van der Waals surface area contributed by atoms with Crippen molar-refractivity contribution in [3.63, 3.8) is 0 Å². The first-order valence-electron chi connectivity index (χ1n) is 7.01. The molecule has 1 aliphatic rings. The van der Waals surface area contributed by atoms with Crippen molar-refractivity contribution in [1.29, 1.82) is 0 Å². The molecule has 6 heteroatoms. The summed E-state index contributed by atoms with van der Waals surface area (Å²) >= 11 is 0. The molecule has 0 spiro atoms. The first-order chi connectivity index (χ1) is 9.04. The van der Waals surface area contributed by atoms with Crippen LogP contribution in [0.4, 0.5) is 11.5 Å². The molecule has 6 nitrogen and oxygen atoms in total. The Balaban J connectivity index is 2.28. The Morgan fingerprint density at radius 1 is 1.47 bits per heavy atom. The van der Waals surface area contributed by atoms with Crippen molar-refractivity contribution in [3.8, 4) is 0 Å². The molecule has 1 fully saturated rings. The largest absolute Gasteiger partial charge is 0.362 e. The number of aryl methyl sites for hydroxylation is 2. The van der Waals surface area contributed by atoms with Crippen molar-refractivity contribution in [3.05, 3.63) is 15.8 Å². The summed E-state index contributed by atoms with van der Waals surface area (Å²) in [6, 6.07) is 0.313. The fourth-order valence-electron chi connectivity index (χ4n) is 2.87. The van der Waals surface area contributed by atoms with Gasteiger partial charge in [0, 0.05) is 13.1 Å². The molecule has 1 N–H and O–H groups in total. The van der Waals surface area contributed by atoms with Crippen molar-refractivity contribution in [2.75, 3.05) is 5.32 Å². The molecule has 1 heterocycles. The van der Waals surface area contributed by atoms with Gasteiger partial charge in [0.15, 0.2) is 0 Å². The van der Waals surface area contributed by atoms with Crippen LogP contribution in [0.15, 0.2) is 0 Å². The first-order valence-corrected chi connectivity index (χ1v) is 7.01. The average Bonchev–Trinajstić information content (AvgIpc) is 2.69. The number of aromatic nitrogens is 2. The van der Waals surface area contributed by atoms with Crippen molar-refractivity contribution >= 4 is 11.5 Å². The van der Waals surface area contributed by atoms with Gasteiger partial charge in [0.05, 0.1) is 4.92 Å². The molecule has 0 aliphatic heterocycles. The van der Waals surface area contributed by atoms with Crippen LogP contribution >= 0.6 is 0 Å². The second-order valence-corrected chi connectivity index (χ2v) is 5.39. The molecule has 0 saturated heterocycles. The molecule has 2 atom stereocenters. The lowest BCUT2D eigenvalue weighted by molar-refractivity contribution is -0.384. The van der Waals surface area contributed by atoms with Gasteiger partial charge in [0.2, 0.25) is 5.82 Å². The highest BCUT2D eigenvalue weighted by molar-refractivity contribution is 5.60. The number of nitrogens with zero attached hydrogens (tertiary/aromatic N) is 3. The van der Waals surface area contributed by atoms with Crippen LogP contribution in [0.3, 0.4) is 0 Å². The Kier molecular flexibility index (Phi) is 4.07. The van der Waals surface area contributed by atoms with E-state index in [0.717, 1.165) is 6.42 Å². The van der Waals surface area contributed by atoms with Gasteiger partial charge in [-0.05, 0) is 25.2 Å². The summed E-state index contributed by atoms with van der Waals surface area (Å²) in [5.74, 6) is 1.11. The number of anilines is 1. The Hall–Kier alpha value is -1.59. The average molecular weight is 266 g/mol. The molecule has 0 bridgehead atoms. The Labute approximate surface area is 113 Å². The smallest absolute Gasteiger partial charge is 0.333 e. The van der Waals surface area contributed by atoms with Gasteiger partial charge >= 0.3 is 5.69 Å². The fraction of sp³-hybridized carbons (Fsp3) is 0.769. The minimum Gasteiger partial charge on any atom is -0.362 e. The molecule has 1 aromatic rings. The minimum absolute atomic E-state index is 0.141. The molecule has 0 amide bonds. The summed E-state index contributed by atoms with van der Waals surface area (Å²) in [5.41, 5.74) is 0.696. The van der Waals surface area contributed by atoms with E-state index >= 15 is 0 Å². The summed E-state index contributed by atoms with van der Waals surface area (Å²) in [7, 11) is 1.77. The van der Waals surface area contributed by atoms with E-state index in [9.17, 15) is 10.1 Å². The third-order valence-corrected chi connectivity index (χ3v) is 4.04. The van der Waals surface area contributed by atoms with Gasteiger partial charge in [-0.3, -0.25) is 10.1 Å². The molecule has 1 aromatic heterocycles. The molecular weight excluding hydrogens is 244 g/mol. The third-order valence-electron chi connectivity index (χ3n) is 4.04. The van der Waals surface area contributed by atoms with Crippen LogP contribution in [-0.2, 0) is 13.5 Å². The number of nitro groups is 1. The van der Waals surface area contributed by atoms with E-state index < -0.39 is 0 Å². The molecule has 2 unspecified atom stereocenters. The van der Waals surface area contributed by atoms with Gasteiger partial charge in [-0.15, -0.1) is 0 Å². The van der Waals surface area contributed by atoms with Gasteiger partial charge in [-0.25, -0.2) is 4.68 Å². The standard InChI is InChI=1S/C13H22N4O2/c1-4-10-12(17(18)19)13(16(3)15-10)14-11-8-6-5-7-9(11)2/h9,11,14H,4-8H2,1-3H3. The van der Waals surface area contributed by atoms with Gasteiger partial charge in [0.1, 0.15) is 5.69 Å². The van der Waals surface area contributed by atoms with Crippen LogP contribution in [0.1, 0.15) is 45.2 Å². The van der Waals surface area contributed by atoms with E-state index in [1.165, 1.54) is 19.3 Å². The molecule has 1 saturated carbocycles. The Morgan fingerprint density at radius 2 is 2.16 bits per heavy atom. The number of hydrogen-bond donors (Lipinski definition) is 1. The fourth-order valence-corrected chi connectivity index (χ4v) is 2.87. The van der Waals surface area contributed by atoms with Crippen LogP contribution in [-0.4, -0.2) is 20.7 Å². The lowest BCUT2D eigenvalue weighted by atomic mass is 9.86. The van der Waals surface area contributed by atoms with Crippen molar-refractivity contribution in [2.45, 2.75) is 52.0 Å². The number of hydrogen-bond acceptors (Lipinski definition) is 4. The molecule has 106 valence electrons. The van der Waals surface area contributed by atoms with Crippen LogP contribution < -0.4 is 5.32 Å².